The highest BCUT2D eigenvalue weighted by Crippen LogP contribution is 2.25. The van der Waals surface area contributed by atoms with Crippen LogP contribution in [0.3, 0.4) is 0 Å². The molecule has 3 nitrogen and oxygen atoms in total. The molecule has 0 spiro atoms. The number of carbonyl (C=O) groups excluding carboxylic acids is 1. The second-order valence-corrected chi connectivity index (χ2v) is 5.26. The van der Waals surface area contributed by atoms with Crippen molar-refractivity contribution in [2.75, 3.05) is 19.4 Å². The van der Waals surface area contributed by atoms with Gasteiger partial charge in [0.15, 0.2) is 0 Å². The number of hydrogen-bond donors (Lipinski definition) is 1. The van der Waals surface area contributed by atoms with Crippen LogP contribution in [0.4, 0.5) is 5.69 Å². The summed E-state index contributed by atoms with van der Waals surface area (Å²) < 4.78 is 0. The average Bonchev–Trinajstić information content (AvgIpc) is 2.53. The second kappa shape index (κ2) is 6.93. The number of hydrogen-bond acceptors (Lipinski definition) is 2. The zero-order valence-corrected chi connectivity index (χ0v) is 12.8. The van der Waals surface area contributed by atoms with Gasteiger partial charge in [0, 0.05) is 19.8 Å². The van der Waals surface area contributed by atoms with Crippen molar-refractivity contribution < 1.29 is 4.79 Å². The Morgan fingerprint density at radius 2 is 1.67 bits per heavy atom. The maximum absolute atomic E-state index is 12.3. The zero-order chi connectivity index (χ0) is 15.2. The maximum atomic E-state index is 12.3. The molecule has 0 radical (unpaired) electrons. The molecule has 0 saturated heterocycles. The molecular weight excluding hydrogens is 260 g/mol. The summed E-state index contributed by atoms with van der Waals surface area (Å²) >= 11 is 0. The van der Waals surface area contributed by atoms with Gasteiger partial charge in [0.2, 0.25) is 0 Å². The summed E-state index contributed by atoms with van der Waals surface area (Å²) in [5.74, 6) is 0.0148. The van der Waals surface area contributed by atoms with Crippen molar-refractivity contribution in [3.05, 3.63) is 65.7 Å². The molecule has 0 heterocycles. The van der Waals surface area contributed by atoms with Gasteiger partial charge in [0.25, 0.3) is 5.91 Å². The van der Waals surface area contributed by atoms with E-state index in [2.05, 4.69) is 24.4 Å². The van der Waals surface area contributed by atoms with E-state index in [1.165, 1.54) is 5.56 Å². The molecule has 21 heavy (non-hydrogen) atoms. The summed E-state index contributed by atoms with van der Waals surface area (Å²) in [6.07, 6.45) is 0.953. The second-order valence-electron chi connectivity index (χ2n) is 5.26. The van der Waals surface area contributed by atoms with Gasteiger partial charge in [0.05, 0.1) is 11.6 Å². The van der Waals surface area contributed by atoms with E-state index in [0.29, 0.717) is 5.56 Å². The fourth-order valence-electron chi connectivity index (χ4n) is 2.33. The van der Waals surface area contributed by atoms with Crippen LogP contribution in [0.1, 0.15) is 35.3 Å². The van der Waals surface area contributed by atoms with Crippen LogP contribution in [0.2, 0.25) is 0 Å². The minimum absolute atomic E-state index is 0.0148. The Kier molecular flexibility index (Phi) is 4.99. The predicted molar refractivity (Wildman–Crippen MR) is 87.6 cm³/mol. The molecule has 1 amide bonds. The Hall–Kier alpha value is -2.29. The Bertz CT molecular complexity index is 593. The van der Waals surface area contributed by atoms with Gasteiger partial charge in [-0.3, -0.25) is 4.79 Å². The van der Waals surface area contributed by atoms with E-state index in [4.69, 9.17) is 0 Å². The van der Waals surface area contributed by atoms with Gasteiger partial charge < -0.3 is 10.2 Å². The number of carbonyl (C=O) groups is 1. The van der Waals surface area contributed by atoms with Crippen molar-refractivity contribution in [3.8, 4) is 0 Å². The summed E-state index contributed by atoms with van der Waals surface area (Å²) in [4.78, 5) is 13.9. The van der Waals surface area contributed by atoms with Crippen LogP contribution in [0.15, 0.2) is 54.6 Å². The summed E-state index contributed by atoms with van der Waals surface area (Å²) in [6.45, 7) is 2.14. The molecule has 1 N–H and O–H groups in total. The largest absolute Gasteiger partial charge is 0.378 e. The fourth-order valence-corrected chi connectivity index (χ4v) is 2.33. The number of nitrogens with one attached hydrogen (secondary N) is 1. The number of para-hydroxylation sites is 1. The molecule has 2 aromatic rings. The Balaban J connectivity index is 2.28. The summed E-state index contributed by atoms with van der Waals surface area (Å²) in [5.41, 5.74) is 2.82. The number of anilines is 1. The zero-order valence-electron chi connectivity index (χ0n) is 12.8. The van der Waals surface area contributed by atoms with Crippen LogP contribution < -0.4 is 5.32 Å². The molecule has 0 aromatic heterocycles. The van der Waals surface area contributed by atoms with Crippen LogP contribution in [0.5, 0.6) is 0 Å². The highest BCUT2D eigenvalue weighted by Gasteiger charge is 2.15. The van der Waals surface area contributed by atoms with Crippen LogP contribution in [0, 0.1) is 0 Å². The van der Waals surface area contributed by atoms with Gasteiger partial charge in [-0.05, 0) is 24.1 Å². The molecular formula is C18H22N2O. The molecule has 1 unspecified atom stereocenters. The minimum atomic E-state index is 0.0148. The monoisotopic (exact) mass is 282 g/mol. The third kappa shape index (κ3) is 3.63. The van der Waals surface area contributed by atoms with Crippen LogP contribution in [-0.2, 0) is 0 Å². The quantitative estimate of drug-likeness (QED) is 0.900. The Labute approximate surface area is 126 Å². The van der Waals surface area contributed by atoms with E-state index >= 15 is 0 Å². The first kappa shape index (κ1) is 15.1. The Morgan fingerprint density at radius 1 is 1.05 bits per heavy atom. The summed E-state index contributed by atoms with van der Waals surface area (Å²) in [7, 11) is 3.54. The van der Waals surface area contributed by atoms with Gasteiger partial charge in [0.1, 0.15) is 0 Å². The first-order valence-corrected chi connectivity index (χ1v) is 7.25. The molecule has 0 aliphatic carbocycles. The van der Waals surface area contributed by atoms with E-state index in [-0.39, 0.29) is 11.9 Å². The molecule has 1 atom stereocenters. The van der Waals surface area contributed by atoms with Gasteiger partial charge in [-0.1, -0.05) is 49.4 Å². The lowest BCUT2D eigenvalue weighted by molar-refractivity contribution is 0.0828. The third-order valence-corrected chi connectivity index (χ3v) is 3.50. The van der Waals surface area contributed by atoms with E-state index in [9.17, 15) is 4.79 Å². The topological polar surface area (TPSA) is 32.3 Å². The minimum Gasteiger partial charge on any atom is -0.378 e. The van der Waals surface area contributed by atoms with Crippen molar-refractivity contribution in [1.82, 2.24) is 4.90 Å². The van der Waals surface area contributed by atoms with Gasteiger partial charge in [-0.2, -0.15) is 0 Å². The smallest absolute Gasteiger partial charge is 0.255 e. The molecule has 0 aliphatic heterocycles. The van der Waals surface area contributed by atoms with E-state index in [1.807, 2.05) is 42.5 Å². The molecule has 2 rings (SSSR count). The van der Waals surface area contributed by atoms with Crippen LogP contribution >= 0.6 is 0 Å². The van der Waals surface area contributed by atoms with Gasteiger partial charge in [-0.25, -0.2) is 0 Å². The Morgan fingerprint density at radius 3 is 2.29 bits per heavy atom. The van der Waals surface area contributed by atoms with Crippen LogP contribution in [0.25, 0.3) is 0 Å². The lowest BCUT2D eigenvalue weighted by Gasteiger charge is -2.21. The number of benzene rings is 2. The first-order chi connectivity index (χ1) is 10.1. The van der Waals surface area contributed by atoms with E-state index in [1.54, 1.807) is 19.0 Å². The normalized spacial score (nSPS) is 11.8. The number of rotatable bonds is 5. The van der Waals surface area contributed by atoms with Crippen molar-refractivity contribution >= 4 is 11.6 Å². The van der Waals surface area contributed by atoms with Crippen molar-refractivity contribution in [1.29, 1.82) is 0 Å². The lowest BCUT2D eigenvalue weighted by atomic mass is 10.0. The standard InChI is InChI=1S/C18H22N2O/c1-4-16(14-10-6-5-7-11-14)19-17-13-9-8-12-15(17)18(21)20(2)3/h5-13,16,19H,4H2,1-3H3. The third-order valence-electron chi connectivity index (χ3n) is 3.50. The lowest BCUT2D eigenvalue weighted by Crippen LogP contribution is -2.23. The highest BCUT2D eigenvalue weighted by molar-refractivity contribution is 5.99. The highest BCUT2D eigenvalue weighted by atomic mass is 16.2. The number of nitrogens with zero attached hydrogens (tertiary/aromatic N) is 1. The molecule has 0 fully saturated rings. The summed E-state index contributed by atoms with van der Waals surface area (Å²) in [5, 5.41) is 3.50. The van der Waals surface area contributed by atoms with Crippen molar-refractivity contribution in [3.63, 3.8) is 0 Å². The fraction of sp³-hybridized carbons (Fsp3) is 0.278. The first-order valence-electron chi connectivity index (χ1n) is 7.25. The van der Waals surface area contributed by atoms with E-state index in [0.717, 1.165) is 12.1 Å². The van der Waals surface area contributed by atoms with Crippen molar-refractivity contribution in [2.45, 2.75) is 19.4 Å². The predicted octanol–water partition coefficient (Wildman–Crippen LogP) is 3.95. The van der Waals surface area contributed by atoms with Gasteiger partial charge in [-0.15, -0.1) is 0 Å². The van der Waals surface area contributed by atoms with Crippen LogP contribution in [-0.4, -0.2) is 24.9 Å². The SMILES string of the molecule is CCC(Nc1ccccc1C(=O)N(C)C)c1ccccc1. The molecule has 0 bridgehead atoms. The molecule has 0 aliphatic rings. The maximum Gasteiger partial charge on any atom is 0.255 e. The molecule has 3 heteroatoms. The van der Waals surface area contributed by atoms with Gasteiger partial charge >= 0.3 is 0 Å². The molecule has 0 saturated carbocycles. The summed E-state index contributed by atoms with van der Waals surface area (Å²) in [6, 6.07) is 18.2. The molecule has 110 valence electrons. The van der Waals surface area contributed by atoms with Crippen molar-refractivity contribution in [2.24, 2.45) is 0 Å². The number of amides is 1. The van der Waals surface area contributed by atoms with E-state index < -0.39 is 0 Å². The molecule has 2 aromatic carbocycles. The average molecular weight is 282 g/mol.